The molecular weight excluding hydrogens is 406 g/mol. The Morgan fingerprint density at radius 2 is 2.03 bits per heavy atom. The van der Waals surface area contributed by atoms with E-state index in [1.165, 1.54) is 0 Å². The molecule has 3 unspecified atom stereocenters. The summed E-state index contributed by atoms with van der Waals surface area (Å²) in [5.41, 5.74) is 1.52. The molecule has 3 N–H and O–H groups in total. The summed E-state index contributed by atoms with van der Waals surface area (Å²) in [6.45, 7) is 6.12. The topological polar surface area (TPSA) is 101 Å². The maximum Gasteiger partial charge on any atom is 0.233 e. The van der Waals surface area contributed by atoms with Crippen LogP contribution in [0.25, 0.3) is 11.5 Å². The van der Waals surface area contributed by atoms with Gasteiger partial charge in [0.15, 0.2) is 12.0 Å². The second-order valence-electron chi connectivity index (χ2n) is 8.39. The van der Waals surface area contributed by atoms with Crippen molar-refractivity contribution < 1.29 is 14.0 Å². The zero-order valence-corrected chi connectivity index (χ0v) is 18.5. The number of furan rings is 1. The summed E-state index contributed by atoms with van der Waals surface area (Å²) in [7, 11) is 0. The van der Waals surface area contributed by atoms with E-state index >= 15 is 0 Å². The predicted molar refractivity (Wildman–Crippen MR) is 122 cm³/mol. The Kier molecular flexibility index (Phi) is 6.41. The summed E-state index contributed by atoms with van der Waals surface area (Å²) in [5, 5.41) is 14.0. The normalized spacial score (nSPS) is 19.6. The molecule has 3 heterocycles. The Balaban J connectivity index is 1.66. The van der Waals surface area contributed by atoms with Crippen molar-refractivity contribution in [3.05, 3.63) is 60.4 Å². The van der Waals surface area contributed by atoms with Gasteiger partial charge >= 0.3 is 0 Å². The molecular formula is C24H29N5O3. The van der Waals surface area contributed by atoms with Gasteiger partial charge < -0.3 is 15.1 Å². The van der Waals surface area contributed by atoms with E-state index in [1.54, 1.807) is 29.1 Å². The predicted octanol–water partition coefficient (Wildman–Crippen LogP) is 3.87. The second-order valence-corrected chi connectivity index (χ2v) is 8.39. The zero-order chi connectivity index (χ0) is 22.7. The number of rotatable bonds is 7. The molecule has 3 atom stereocenters. The monoisotopic (exact) mass is 435 g/mol. The van der Waals surface area contributed by atoms with Crippen LogP contribution in [-0.4, -0.2) is 27.6 Å². The van der Waals surface area contributed by atoms with Gasteiger partial charge in [-0.15, -0.1) is 0 Å². The molecule has 0 spiro atoms. The highest BCUT2D eigenvalue weighted by Gasteiger charge is 2.31. The molecule has 1 aromatic carbocycles. The molecule has 32 heavy (non-hydrogen) atoms. The Hall–Kier alpha value is -3.39. The van der Waals surface area contributed by atoms with E-state index in [0.29, 0.717) is 30.1 Å². The SMILES string of the molecule is CCC(C(=O)Nc1cc(-c2ccco2)nn1C1NC(=O)CC(C(C)C)N1)c1ccccc1. The van der Waals surface area contributed by atoms with Crippen molar-refractivity contribution in [3.8, 4) is 11.5 Å². The highest BCUT2D eigenvalue weighted by atomic mass is 16.3. The van der Waals surface area contributed by atoms with Crippen molar-refractivity contribution in [1.29, 1.82) is 0 Å². The molecule has 0 saturated carbocycles. The molecule has 4 rings (SSSR count). The number of nitrogens with one attached hydrogen (secondary N) is 3. The van der Waals surface area contributed by atoms with E-state index in [0.717, 1.165) is 5.56 Å². The molecule has 2 amide bonds. The van der Waals surface area contributed by atoms with E-state index in [-0.39, 0.29) is 29.7 Å². The molecule has 168 valence electrons. The maximum atomic E-state index is 13.2. The van der Waals surface area contributed by atoms with Gasteiger partial charge in [-0.25, -0.2) is 4.68 Å². The minimum absolute atomic E-state index is 0.00118. The highest BCUT2D eigenvalue weighted by molar-refractivity contribution is 5.95. The largest absolute Gasteiger partial charge is 0.463 e. The van der Waals surface area contributed by atoms with E-state index in [4.69, 9.17) is 4.42 Å². The minimum atomic E-state index is -0.584. The Morgan fingerprint density at radius 3 is 2.69 bits per heavy atom. The molecule has 2 aromatic heterocycles. The summed E-state index contributed by atoms with van der Waals surface area (Å²) in [6.07, 6.45) is 2.04. The zero-order valence-electron chi connectivity index (χ0n) is 18.5. The van der Waals surface area contributed by atoms with Gasteiger partial charge in [-0.3, -0.25) is 14.9 Å². The first-order chi connectivity index (χ1) is 15.5. The standard InChI is InChI=1S/C24H29N5O3/c1-4-17(16-9-6-5-7-10-16)23(31)26-21-13-19(20-11-8-12-32-20)28-29(21)24-25-18(15(2)3)14-22(30)27-24/h5-13,15,17-18,24-25H,4,14H2,1-3H3,(H,26,31)(H,27,30). The van der Waals surface area contributed by atoms with Crippen molar-refractivity contribution in [2.24, 2.45) is 5.92 Å². The average molecular weight is 436 g/mol. The highest BCUT2D eigenvalue weighted by Crippen LogP contribution is 2.28. The number of aromatic nitrogens is 2. The number of nitrogens with zero attached hydrogens (tertiary/aromatic N) is 2. The average Bonchev–Trinajstić information content (AvgIpc) is 3.45. The second kappa shape index (κ2) is 9.40. The van der Waals surface area contributed by atoms with Crippen LogP contribution in [0.2, 0.25) is 0 Å². The molecule has 1 saturated heterocycles. The van der Waals surface area contributed by atoms with Crippen LogP contribution < -0.4 is 16.0 Å². The van der Waals surface area contributed by atoms with Crippen molar-refractivity contribution in [2.45, 2.75) is 51.9 Å². The Bertz CT molecular complexity index is 1060. The number of anilines is 1. The van der Waals surface area contributed by atoms with Gasteiger partial charge in [0.05, 0.1) is 12.2 Å². The van der Waals surface area contributed by atoms with Gasteiger partial charge in [0.1, 0.15) is 11.5 Å². The van der Waals surface area contributed by atoms with Crippen LogP contribution in [-0.2, 0) is 9.59 Å². The van der Waals surface area contributed by atoms with Gasteiger partial charge in [-0.05, 0) is 30.0 Å². The third-order valence-electron chi connectivity index (χ3n) is 5.81. The summed E-state index contributed by atoms with van der Waals surface area (Å²) in [4.78, 5) is 25.6. The smallest absolute Gasteiger partial charge is 0.233 e. The summed E-state index contributed by atoms with van der Waals surface area (Å²) in [6, 6.07) is 15.1. The fraction of sp³-hybridized carbons (Fsp3) is 0.375. The molecule has 3 aromatic rings. The number of amides is 2. The van der Waals surface area contributed by atoms with E-state index in [2.05, 4.69) is 34.9 Å². The molecule has 1 aliphatic rings. The van der Waals surface area contributed by atoms with Crippen LogP contribution >= 0.6 is 0 Å². The van der Waals surface area contributed by atoms with Crippen molar-refractivity contribution in [1.82, 2.24) is 20.4 Å². The van der Waals surface area contributed by atoms with Crippen LogP contribution in [0.1, 0.15) is 51.4 Å². The van der Waals surface area contributed by atoms with Crippen LogP contribution in [0.4, 0.5) is 5.82 Å². The van der Waals surface area contributed by atoms with Gasteiger partial charge in [0.2, 0.25) is 11.8 Å². The third kappa shape index (κ3) is 4.60. The van der Waals surface area contributed by atoms with E-state index in [1.807, 2.05) is 37.3 Å². The first-order valence-electron chi connectivity index (χ1n) is 11.0. The van der Waals surface area contributed by atoms with Gasteiger partial charge in [0, 0.05) is 18.5 Å². The molecule has 0 radical (unpaired) electrons. The minimum Gasteiger partial charge on any atom is -0.463 e. The number of hydrogen-bond donors (Lipinski definition) is 3. The van der Waals surface area contributed by atoms with Crippen LogP contribution in [0.3, 0.4) is 0 Å². The maximum absolute atomic E-state index is 13.2. The lowest BCUT2D eigenvalue weighted by Gasteiger charge is -2.34. The van der Waals surface area contributed by atoms with Crippen LogP contribution in [0.5, 0.6) is 0 Å². The van der Waals surface area contributed by atoms with E-state index in [9.17, 15) is 9.59 Å². The van der Waals surface area contributed by atoms with E-state index < -0.39 is 6.29 Å². The number of hydrogen-bond acceptors (Lipinski definition) is 5. The quantitative estimate of drug-likeness (QED) is 0.523. The summed E-state index contributed by atoms with van der Waals surface area (Å²) >= 11 is 0. The van der Waals surface area contributed by atoms with Gasteiger partial charge in [-0.1, -0.05) is 51.1 Å². The third-order valence-corrected chi connectivity index (χ3v) is 5.81. The lowest BCUT2D eigenvalue weighted by molar-refractivity contribution is -0.126. The van der Waals surface area contributed by atoms with Gasteiger partial charge in [-0.2, -0.15) is 5.10 Å². The first-order valence-corrected chi connectivity index (χ1v) is 11.0. The lowest BCUT2D eigenvalue weighted by atomic mass is 9.96. The lowest BCUT2D eigenvalue weighted by Crippen LogP contribution is -2.55. The van der Waals surface area contributed by atoms with Crippen LogP contribution in [0.15, 0.2) is 59.2 Å². The van der Waals surface area contributed by atoms with Gasteiger partial charge in [0.25, 0.3) is 0 Å². The van der Waals surface area contributed by atoms with Crippen LogP contribution in [0, 0.1) is 5.92 Å². The molecule has 1 fully saturated rings. The summed E-state index contributed by atoms with van der Waals surface area (Å²) in [5.74, 6) is 0.840. The molecule has 8 nitrogen and oxygen atoms in total. The molecule has 8 heteroatoms. The Labute approximate surface area is 187 Å². The molecule has 1 aliphatic heterocycles. The number of benzene rings is 1. The Morgan fingerprint density at radius 1 is 1.25 bits per heavy atom. The number of carbonyl (C=O) groups excluding carboxylic acids is 2. The van der Waals surface area contributed by atoms with Crippen molar-refractivity contribution >= 4 is 17.6 Å². The number of carbonyl (C=O) groups is 2. The van der Waals surface area contributed by atoms with Crippen molar-refractivity contribution in [2.75, 3.05) is 5.32 Å². The first kappa shape index (κ1) is 21.8. The fourth-order valence-corrected chi connectivity index (χ4v) is 3.97. The fourth-order valence-electron chi connectivity index (χ4n) is 3.97. The van der Waals surface area contributed by atoms with Crippen molar-refractivity contribution in [3.63, 3.8) is 0 Å². The summed E-state index contributed by atoms with van der Waals surface area (Å²) < 4.78 is 7.11. The molecule has 0 aliphatic carbocycles. The molecule has 0 bridgehead atoms.